The first-order valence-electron chi connectivity index (χ1n) is 6.10. The Morgan fingerprint density at radius 1 is 1.30 bits per heavy atom. The normalized spacial score (nSPS) is 17.9. The van der Waals surface area contributed by atoms with Gasteiger partial charge >= 0.3 is 6.18 Å². The summed E-state index contributed by atoms with van der Waals surface area (Å²) in [5, 5.41) is 0. The van der Waals surface area contributed by atoms with E-state index in [1.807, 2.05) is 6.92 Å². The predicted molar refractivity (Wildman–Crippen MR) is 68.5 cm³/mol. The van der Waals surface area contributed by atoms with Gasteiger partial charge in [0.05, 0.1) is 6.42 Å². The monoisotopic (exact) mass is 291 g/mol. The Morgan fingerprint density at radius 2 is 1.85 bits per heavy atom. The van der Waals surface area contributed by atoms with E-state index in [-0.39, 0.29) is 0 Å². The highest BCUT2D eigenvalue weighted by atomic mass is 19.4. The predicted octanol–water partition coefficient (Wildman–Crippen LogP) is 3.77. The molecular weight excluding hydrogens is 274 g/mol. The lowest BCUT2D eigenvalue weighted by atomic mass is 9.75. The van der Waals surface area contributed by atoms with E-state index in [1.165, 1.54) is 17.1 Å². The molecule has 112 valence electrons. The fraction of sp³-hybridized carbons (Fsp3) is 0.500. The lowest BCUT2D eigenvalue weighted by Crippen LogP contribution is -2.57. The van der Waals surface area contributed by atoms with Gasteiger partial charge in [-0.2, -0.15) is 13.2 Å². The molecule has 1 rings (SSSR count). The van der Waals surface area contributed by atoms with Crippen LogP contribution >= 0.6 is 0 Å². The first-order chi connectivity index (χ1) is 9.03. The van der Waals surface area contributed by atoms with Crippen LogP contribution < -0.4 is 0 Å². The molecule has 0 aliphatic carbocycles. The average molecular weight is 291 g/mol. The highest BCUT2D eigenvalue weighted by Gasteiger charge is 2.43. The van der Waals surface area contributed by atoms with Gasteiger partial charge in [-0.15, -0.1) is 0 Å². The van der Waals surface area contributed by atoms with E-state index >= 15 is 0 Å². The number of likely N-dealkylation sites (tertiary alicyclic amines) is 1. The van der Waals surface area contributed by atoms with Crippen LogP contribution in [0, 0.1) is 5.41 Å². The Balaban J connectivity index is 2.46. The first-order valence-corrected chi connectivity index (χ1v) is 6.10. The van der Waals surface area contributed by atoms with Crippen molar-refractivity contribution in [3.05, 3.63) is 36.7 Å². The van der Waals surface area contributed by atoms with Crippen LogP contribution in [-0.2, 0) is 4.79 Å². The zero-order valence-corrected chi connectivity index (χ0v) is 11.3. The number of nitrogens with zero attached hydrogens (tertiary/aromatic N) is 1. The topological polar surface area (TPSA) is 20.3 Å². The Bertz CT molecular complexity index is 445. The number of carbonyl (C=O) groups is 1. The van der Waals surface area contributed by atoms with Crippen LogP contribution in [0.2, 0.25) is 0 Å². The molecule has 6 heteroatoms. The third-order valence-corrected chi connectivity index (χ3v) is 3.30. The van der Waals surface area contributed by atoms with Gasteiger partial charge in [0, 0.05) is 24.9 Å². The average Bonchev–Trinajstić information content (AvgIpc) is 2.27. The van der Waals surface area contributed by atoms with Crippen LogP contribution in [0.3, 0.4) is 0 Å². The summed E-state index contributed by atoms with van der Waals surface area (Å²) < 4.78 is 48.6. The zero-order chi connectivity index (χ0) is 15.6. The number of amides is 1. The van der Waals surface area contributed by atoms with Gasteiger partial charge in [0.1, 0.15) is 5.83 Å². The van der Waals surface area contributed by atoms with E-state index in [1.54, 1.807) is 0 Å². The van der Waals surface area contributed by atoms with Crippen molar-refractivity contribution < 1.29 is 22.4 Å². The summed E-state index contributed by atoms with van der Waals surface area (Å²) in [6.45, 7) is 9.29. The summed E-state index contributed by atoms with van der Waals surface area (Å²) in [6.07, 6.45) is -3.33. The maximum absolute atomic E-state index is 12.5. The fourth-order valence-electron chi connectivity index (χ4n) is 1.97. The van der Waals surface area contributed by atoms with Crippen molar-refractivity contribution in [2.45, 2.75) is 25.9 Å². The van der Waals surface area contributed by atoms with Crippen molar-refractivity contribution >= 4 is 5.91 Å². The van der Waals surface area contributed by atoms with Crippen LogP contribution in [0.4, 0.5) is 17.6 Å². The Morgan fingerprint density at radius 3 is 2.30 bits per heavy atom. The van der Waals surface area contributed by atoms with E-state index in [0.29, 0.717) is 18.7 Å². The van der Waals surface area contributed by atoms with Gasteiger partial charge in [-0.25, -0.2) is 4.39 Å². The van der Waals surface area contributed by atoms with Gasteiger partial charge in [-0.3, -0.25) is 4.79 Å². The van der Waals surface area contributed by atoms with Gasteiger partial charge in [-0.05, 0) is 11.6 Å². The van der Waals surface area contributed by atoms with E-state index in [9.17, 15) is 22.4 Å². The summed E-state index contributed by atoms with van der Waals surface area (Å²) in [7, 11) is 0. The molecule has 0 aromatic carbocycles. The lowest BCUT2D eigenvalue weighted by Gasteiger charge is -2.49. The molecule has 1 amide bonds. The molecule has 0 bridgehead atoms. The van der Waals surface area contributed by atoms with Crippen LogP contribution in [0.15, 0.2) is 36.7 Å². The summed E-state index contributed by atoms with van der Waals surface area (Å²) in [4.78, 5) is 12.9. The Hall–Kier alpha value is -1.59. The van der Waals surface area contributed by atoms with Gasteiger partial charge in [-0.1, -0.05) is 26.2 Å². The summed E-state index contributed by atoms with van der Waals surface area (Å²) in [5.74, 6) is -1.13. The third kappa shape index (κ3) is 4.51. The van der Waals surface area contributed by atoms with Crippen molar-refractivity contribution in [2.75, 3.05) is 13.1 Å². The first kappa shape index (κ1) is 16.5. The summed E-state index contributed by atoms with van der Waals surface area (Å²) in [6, 6.07) is 0. The van der Waals surface area contributed by atoms with Crippen molar-refractivity contribution in [3.63, 3.8) is 0 Å². The number of alkyl halides is 3. The fourth-order valence-corrected chi connectivity index (χ4v) is 1.97. The molecule has 1 aliphatic heterocycles. The summed E-state index contributed by atoms with van der Waals surface area (Å²) in [5.41, 5.74) is 0.205. The van der Waals surface area contributed by atoms with Gasteiger partial charge in [0.15, 0.2) is 0 Å². The molecule has 0 unspecified atom stereocenters. The molecule has 0 aromatic rings. The van der Waals surface area contributed by atoms with E-state index in [4.69, 9.17) is 0 Å². The smallest absolute Gasteiger partial charge is 0.341 e. The molecule has 0 atom stereocenters. The van der Waals surface area contributed by atoms with E-state index in [0.717, 1.165) is 0 Å². The molecule has 0 N–H and O–H groups in total. The second-order valence-corrected chi connectivity index (χ2v) is 5.23. The highest BCUT2D eigenvalue weighted by Crippen LogP contribution is 2.38. The number of hydrogen-bond donors (Lipinski definition) is 0. The maximum atomic E-state index is 12.5. The summed E-state index contributed by atoms with van der Waals surface area (Å²) >= 11 is 0. The number of halogens is 4. The molecule has 2 nitrogen and oxygen atoms in total. The minimum atomic E-state index is -4.32. The van der Waals surface area contributed by atoms with Crippen LogP contribution in [0.5, 0.6) is 0 Å². The molecule has 0 saturated carbocycles. The number of carbonyl (C=O) groups excluding carboxylic acids is 1. The van der Waals surface area contributed by atoms with Gasteiger partial charge in [0.2, 0.25) is 5.91 Å². The largest absolute Gasteiger partial charge is 0.389 e. The lowest BCUT2D eigenvalue weighted by molar-refractivity contribution is -0.154. The van der Waals surface area contributed by atoms with Crippen LogP contribution in [0.25, 0.3) is 0 Å². The minimum Gasteiger partial charge on any atom is -0.341 e. The van der Waals surface area contributed by atoms with Crippen LogP contribution in [0.1, 0.15) is 19.8 Å². The second-order valence-electron chi connectivity index (χ2n) is 5.23. The quantitative estimate of drug-likeness (QED) is 0.557. The molecule has 0 radical (unpaired) electrons. The highest BCUT2D eigenvalue weighted by molar-refractivity contribution is 5.77. The van der Waals surface area contributed by atoms with E-state index < -0.39 is 36.2 Å². The second kappa shape index (κ2) is 5.81. The van der Waals surface area contributed by atoms with Gasteiger partial charge < -0.3 is 4.90 Å². The molecular formula is C14H17F4NO. The molecule has 1 fully saturated rings. The third-order valence-electron chi connectivity index (χ3n) is 3.30. The molecule has 20 heavy (non-hydrogen) atoms. The van der Waals surface area contributed by atoms with Gasteiger partial charge in [0.25, 0.3) is 0 Å². The number of rotatable bonds is 5. The number of hydrogen-bond acceptors (Lipinski definition) is 1. The SMILES string of the molecule is C=C(F)/C=C\C(=C)C1(C)CN(C(=O)CCC(F)(F)F)C1. The van der Waals surface area contributed by atoms with Crippen molar-refractivity contribution in [2.24, 2.45) is 5.41 Å². The van der Waals surface area contributed by atoms with Crippen molar-refractivity contribution in [1.82, 2.24) is 4.90 Å². The van der Waals surface area contributed by atoms with Crippen molar-refractivity contribution in [3.8, 4) is 0 Å². The molecule has 1 heterocycles. The Labute approximate surface area is 115 Å². The van der Waals surface area contributed by atoms with E-state index in [2.05, 4.69) is 13.2 Å². The molecule has 1 saturated heterocycles. The standard InChI is InChI=1S/C14H17F4NO/c1-10(4-5-11(2)15)13(3)8-19(9-13)12(20)6-7-14(16,17)18/h4-5H,1-2,6-9H2,3H3/b5-4-. The zero-order valence-electron chi connectivity index (χ0n) is 11.3. The van der Waals surface area contributed by atoms with Crippen LogP contribution in [-0.4, -0.2) is 30.1 Å². The minimum absolute atomic E-state index is 0.297. The molecule has 0 spiro atoms. The maximum Gasteiger partial charge on any atom is 0.389 e. The molecule has 0 aromatic heterocycles. The van der Waals surface area contributed by atoms with Crippen molar-refractivity contribution in [1.29, 1.82) is 0 Å². The Kier molecular flexibility index (Phi) is 4.78. The molecule has 1 aliphatic rings. The number of allylic oxidation sites excluding steroid dienone is 3.